The first kappa shape index (κ1) is 14.1. The van der Waals surface area contributed by atoms with Crippen LogP contribution in [0.15, 0.2) is 47.5 Å². The number of allylic oxidation sites excluding steroid dienone is 2. The summed E-state index contributed by atoms with van der Waals surface area (Å²) in [7, 11) is 0. The van der Waals surface area contributed by atoms with Gasteiger partial charge in [0.2, 0.25) is 0 Å². The lowest BCUT2D eigenvalue weighted by molar-refractivity contribution is 0.491. The lowest BCUT2D eigenvalue weighted by Gasteiger charge is -2.52. The van der Waals surface area contributed by atoms with Crippen molar-refractivity contribution < 1.29 is 0 Å². The van der Waals surface area contributed by atoms with Crippen LogP contribution in [-0.4, -0.2) is 0 Å². The molecule has 0 nitrogen and oxygen atoms in total. The second kappa shape index (κ2) is 4.65. The van der Waals surface area contributed by atoms with Crippen molar-refractivity contribution in [2.75, 3.05) is 0 Å². The Hall–Kier alpha value is -1.24. The van der Waals surface area contributed by atoms with Gasteiger partial charge < -0.3 is 0 Å². The highest BCUT2D eigenvalue weighted by atomic mass is 35.5. The Morgan fingerprint density at radius 2 is 1.43 bits per heavy atom. The van der Waals surface area contributed by atoms with E-state index in [9.17, 15) is 0 Å². The first-order chi connectivity index (χ1) is 11.1. The van der Waals surface area contributed by atoms with Gasteiger partial charge in [0.05, 0.1) is 0 Å². The summed E-state index contributed by atoms with van der Waals surface area (Å²) in [6.45, 7) is 2.38. The van der Waals surface area contributed by atoms with E-state index in [1.807, 2.05) is 12.1 Å². The average Bonchev–Trinajstić information content (AvgIpc) is 2.57. The van der Waals surface area contributed by atoms with Gasteiger partial charge in [0.1, 0.15) is 0 Å². The van der Waals surface area contributed by atoms with Gasteiger partial charge in [-0.25, -0.2) is 0 Å². The van der Waals surface area contributed by atoms with Gasteiger partial charge in [-0.1, -0.05) is 58.6 Å². The second-order valence-electron chi connectivity index (χ2n) is 7.17. The summed E-state index contributed by atoms with van der Waals surface area (Å²) in [4.78, 5) is 0. The van der Waals surface area contributed by atoms with Crippen molar-refractivity contribution in [3.63, 3.8) is 0 Å². The maximum atomic E-state index is 6.68. The molecule has 116 valence electrons. The Kier molecular flexibility index (Phi) is 2.86. The summed E-state index contributed by atoms with van der Waals surface area (Å²) < 4.78 is 0. The molecular formula is C21H18Cl2. The van der Waals surface area contributed by atoms with E-state index < -0.39 is 0 Å². The van der Waals surface area contributed by atoms with Gasteiger partial charge in [-0.15, -0.1) is 0 Å². The van der Waals surface area contributed by atoms with Gasteiger partial charge in [0.25, 0.3) is 0 Å². The minimum Gasteiger partial charge on any atom is -0.0840 e. The van der Waals surface area contributed by atoms with Crippen LogP contribution in [0.5, 0.6) is 0 Å². The monoisotopic (exact) mass is 340 g/mol. The average molecular weight is 341 g/mol. The van der Waals surface area contributed by atoms with Crippen molar-refractivity contribution >= 4 is 23.2 Å². The summed E-state index contributed by atoms with van der Waals surface area (Å²) in [6.07, 6.45) is 4.98. The summed E-state index contributed by atoms with van der Waals surface area (Å²) in [6, 6.07) is 12.8. The van der Waals surface area contributed by atoms with Crippen LogP contribution >= 0.6 is 23.2 Å². The van der Waals surface area contributed by atoms with Crippen LogP contribution in [0.2, 0.25) is 10.0 Å². The Labute approximate surface area is 147 Å². The van der Waals surface area contributed by atoms with Gasteiger partial charge >= 0.3 is 0 Å². The summed E-state index contributed by atoms with van der Waals surface area (Å²) in [5.74, 6) is 0.263. The number of benzene rings is 2. The van der Waals surface area contributed by atoms with Crippen LogP contribution < -0.4 is 0 Å². The molecule has 0 radical (unpaired) electrons. The lowest BCUT2D eigenvalue weighted by Crippen LogP contribution is -2.41. The highest BCUT2D eigenvalue weighted by molar-refractivity contribution is 6.33. The van der Waals surface area contributed by atoms with E-state index in [1.165, 1.54) is 47.9 Å². The quantitative estimate of drug-likeness (QED) is 0.472. The molecule has 2 aromatic carbocycles. The molecule has 23 heavy (non-hydrogen) atoms. The topological polar surface area (TPSA) is 0 Å². The maximum Gasteiger partial charge on any atom is 0.0450 e. The number of halogens is 2. The minimum absolute atomic E-state index is 0.0645. The summed E-state index contributed by atoms with van der Waals surface area (Å²) >= 11 is 13.4. The molecule has 4 aliphatic carbocycles. The Morgan fingerprint density at radius 3 is 2.04 bits per heavy atom. The molecule has 0 aliphatic heterocycles. The van der Waals surface area contributed by atoms with Gasteiger partial charge in [0.15, 0.2) is 0 Å². The number of hydrogen-bond acceptors (Lipinski definition) is 0. The molecule has 0 saturated heterocycles. The Bertz CT molecular complexity index is 822. The third-order valence-corrected chi connectivity index (χ3v) is 6.88. The summed E-state index contributed by atoms with van der Waals surface area (Å²) in [5, 5.41) is 1.78. The zero-order chi connectivity index (χ0) is 15.8. The third kappa shape index (κ3) is 1.59. The minimum atomic E-state index is -0.0645. The smallest absolute Gasteiger partial charge is 0.0450 e. The molecule has 0 aromatic heterocycles. The Balaban J connectivity index is 1.95. The fourth-order valence-electron chi connectivity index (χ4n) is 5.31. The van der Waals surface area contributed by atoms with Gasteiger partial charge in [-0.3, -0.25) is 0 Å². The predicted octanol–water partition coefficient (Wildman–Crippen LogP) is 6.63. The second-order valence-corrected chi connectivity index (χ2v) is 7.99. The van der Waals surface area contributed by atoms with Crippen molar-refractivity contribution in [2.45, 2.75) is 43.9 Å². The zero-order valence-corrected chi connectivity index (χ0v) is 14.6. The van der Waals surface area contributed by atoms with Crippen LogP contribution in [0.25, 0.3) is 0 Å². The van der Waals surface area contributed by atoms with Crippen LogP contribution in [-0.2, 0) is 5.41 Å². The van der Waals surface area contributed by atoms with E-state index in [-0.39, 0.29) is 11.3 Å². The molecular weight excluding hydrogens is 323 g/mol. The molecule has 0 unspecified atom stereocenters. The van der Waals surface area contributed by atoms with Gasteiger partial charge in [0, 0.05) is 21.4 Å². The fraction of sp³-hybridized carbons (Fsp3) is 0.333. The standard InChI is InChI=1S/C21H18Cl2/c1-21-13-7-3-2-6-12(13)18(19-14(21)8-4-10-16(19)22)20-15(21)9-5-11-17(20)23/h4-5,8-11,18H,2-3,6-7H2,1H3. The molecule has 0 saturated carbocycles. The molecule has 0 heterocycles. The maximum absolute atomic E-state index is 6.68. The van der Waals surface area contributed by atoms with E-state index in [0.29, 0.717) is 0 Å². The molecule has 4 aliphatic rings. The lowest BCUT2D eigenvalue weighted by atomic mass is 9.51. The van der Waals surface area contributed by atoms with Gasteiger partial charge in [-0.2, -0.15) is 0 Å². The molecule has 2 bridgehead atoms. The first-order valence-electron chi connectivity index (χ1n) is 8.44. The predicted molar refractivity (Wildman–Crippen MR) is 96.7 cm³/mol. The molecule has 0 atom stereocenters. The Morgan fingerprint density at radius 1 is 0.870 bits per heavy atom. The van der Waals surface area contributed by atoms with E-state index >= 15 is 0 Å². The van der Waals surface area contributed by atoms with Crippen molar-refractivity contribution in [1.82, 2.24) is 0 Å². The molecule has 0 amide bonds. The largest absolute Gasteiger partial charge is 0.0840 e. The van der Waals surface area contributed by atoms with Crippen molar-refractivity contribution in [1.29, 1.82) is 0 Å². The zero-order valence-electron chi connectivity index (χ0n) is 13.1. The highest BCUT2D eigenvalue weighted by Gasteiger charge is 2.51. The van der Waals surface area contributed by atoms with Crippen LogP contribution in [0, 0.1) is 0 Å². The fourth-order valence-corrected chi connectivity index (χ4v) is 5.88. The SMILES string of the molecule is CC12C3=C(CCCC3)C(c3c(Cl)cccc31)c1c(Cl)cccc12. The molecule has 0 spiro atoms. The molecule has 2 aromatic rings. The van der Waals surface area contributed by atoms with Gasteiger partial charge in [-0.05, 0) is 67.0 Å². The summed E-state index contributed by atoms with van der Waals surface area (Å²) in [5.41, 5.74) is 8.57. The van der Waals surface area contributed by atoms with Crippen LogP contribution in [0.3, 0.4) is 0 Å². The van der Waals surface area contributed by atoms with Crippen LogP contribution in [0.1, 0.15) is 60.8 Å². The van der Waals surface area contributed by atoms with E-state index in [0.717, 1.165) is 10.0 Å². The van der Waals surface area contributed by atoms with Crippen molar-refractivity contribution in [2.24, 2.45) is 0 Å². The molecule has 0 N–H and O–H groups in total. The van der Waals surface area contributed by atoms with Crippen LogP contribution in [0.4, 0.5) is 0 Å². The van der Waals surface area contributed by atoms with E-state index in [4.69, 9.17) is 23.2 Å². The van der Waals surface area contributed by atoms with Crippen molar-refractivity contribution in [3.8, 4) is 0 Å². The number of hydrogen-bond donors (Lipinski definition) is 0. The number of rotatable bonds is 0. The van der Waals surface area contributed by atoms with E-state index in [2.05, 4.69) is 31.2 Å². The normalized spacial score (nSPS) is 27.5. The highest BCUT2D eigenvalue weighted by Crippen LogP contribution is 2.63. The first-order valence-corrected chi connectivity index (χ1v) is 9.20. The molecule has 2 heteroatoms. The third-order valence-electron chi connectivity index (χ3n) is 6.22. The van der Waals surface area contributed by atoms with Crippen molar-refractivity contribution in [3.05, 3.63) is 79.8 Å². The molecule has 0 fully saturated rings. The van der Waals surface area contributed by atoms with E-state index in [1.54, 1.807) is 11.1 Å². The molecule has 6 rings (SSSR count).